The van der Waals surface area contributed by atoms with Gasteiger partial charge in [0, 0.05) is 17.1 Å². The molecule has 0 saturated carbocycles. The Hall–Kier alpha value is -3.32. The Morgan fingerprint density at radius 3 is 2.65 bits per heavy atom. The summed E-state index contributed by atoms with van der Waals surface area (Å²) >= 11 is 1.53. The lowest BCUT2D eigenvalue weighted by molar-refractivity contribution is 0.0697. The zero-order chi connectivity index (χ0) is 17.9. The normalized spacial score (nSPS) is 10.8. The molecular weight excluding hydrogens is 348 g/mol. The summed E-state index contributed by atoms with van der Waals surface area (Å²) in [5.74, 6) is -0.202. The Morgan fingerprint density at radius 2 is 1.92 bits per heavy atom. The van der Waals surface area contributed by atoms with Crippen molar-refractivity contribution in [3.05, 3.63) is 71.6 Å². The van der Waals surface area contributed by atoms with Crippen LogP contribution in [0.15, 0.2) is 60.4 Å². The lowest BCUT2D eigenvalue weighted by Crippen LogP contribution is -2.03. The van der Waals surface area contributed by atoms with Gasteiger partial charge in [0.1, 0.15) is 17.0 Å². The number of carboxylic acids is 1. The first kappa shape index (κ1) is 16.2. The van der Waals surface area contributed by atoms with E-state index in [4.69, 9.17) is 5.11 Å². The predicted molar refractivity (Wildman–Crippen MR) is 101 cm³/mol. The number of aromatic nitrogens is 3. The lowest BCUT2D eigenvalue weighted by atomic mass is 10.0. The summed E-state index contributed by atoms with van der Waals surface area (Å²) in [6, 6.07) is 12.6. The van der Waals surface area contributed by atoms with E-state index in [1.807, 2.05) is 23.6 Å². The van der Waals surface area contributed by atoms with Crippen molar-refractivity contribution in [3.63, 3.8) is 0 Å². The van der Waals surface area contributed by atoms with Crippen molar-refractivity contribution >= 4 is 33.3 Å². The number of rotatable bonds is 5. The van der Waals surface area contributed by atoms with E-state index in [0.717, 1.165) is 32.9 Å². The van der Waals surface area contributed by atoms with Crippen molar-refractivity contribution in [2.45, 2.75) is 6.54 Å². The van der Waals surface area contributed by atoms with Crippen LogP contribution in [0.3, 0.4) is 0 Å². The molecule has 7 heteroatoms. The second-order valence-electron chi connectivity index (χ2n) is 5.61. The molecule has 0 radical (unpaired) electrons. The highest BCUT2D eigenvalue weighted by molar-refractivity contribution is 7.17. The molecule has 3 heterocycles. The van der Waals surface area contributed by atoms with E-state index < -0.39 is 5.97 Å². The smallest absolute Gasteiger partial charge is 0.335 e. The fraction of sp³-hybridized carbons (Fsp3) is 0.0526. The molecule has 26 heavy (non-hydrogen) atoms. The summed E-state index contributed by atoms with van der Waals surface area (Å²) in [5.41, 5.74) is 3.09. The lowest BCUT2D eigenvalue weighted by Gasteiger charge is -2.08. The van der Waals surface area contributed by atoms with Crippen molar-refractivity contribution in [2.24, 2.45) is 0 Å². The average Bonchev–Trinajstić information content (AvgIpc) is 3.12. The molecular formula is C19H14N4O2S. The maximum absolute atomic E-state index is 11.1. The monoisotopic (exact) mass is 362 g/mol. The number of pyridine rings is 1. The maximum Gasteiger partial charge on any atom is 0.335 e. The summed E-state index contributed by atoms with van der Waals surface area (Å²) in [5, 5.41) is 15.3. The molecule has 0 atom stereocenters. The molecule has 6 nitrogen and oxygen atoms in total. The van der Waals surface area contributed by atoms with Gasteiger partial charge < -0.3 is 10.4 Å². The predicted octanol–water partition coefficient (Wildman–Crippen LogP) is 4.06. The van der Waals surface area contributed by atoms with Gasteiger partial charge in [-0.2, -0.15) is 0 Å². The number of fused-ring (bicyclic) bond motifs is 1. The minimum atomic E-state index is -0.937. The Morgan fingerprint density at radius 1 is 1.08 bits per heavy atom. The number of benzene rings is 1. The molecule has 0 unspecified atom stereocenters. The van der Waals surface area contributed by atoms with Crippen LogP contribution in [0.2, 0.25) is 0 Å². The summed E-state index contributed by atoms with van der Waals surface area (Å²) in [7, 11) is 0. The van der Waals surface area contributed by atoms with Gasteiger partial charge >= 0.3 is 5.97 Å². The van der Waals surface area contributed by atoms with E-state index in [1.165, 1.54) is 17.7 Å². The molecule has 1 aromatic carbocycles. The molecule has 0 aliphatic carbocycles. The fourth-order valence-electron chi connectivity index (χ4n) is 2.69. The van der Waals surface area contributed by atoms with Crippen molar-refractivity contribution in [1.82, 2.24) is 15.0 Å². The van der Waals surface area contributed by atoms with Gasteiger partial charge in [-0.25, -0.2) is 14.8 Å². The van der Waals surface area contributed by atoms with E-state index in [2.05, 4.69) is 20.3 Å². The van der Waals surface area contributed by atoms with Crippen LogP contribution in [-0.4, -0.2) is 26.0 Å². The number of carbonyl (C=O) groups is 1. The van der Waals surface area contributed by atoms with E-state index in [9.17, 15) is 4.79 Å². The Labute approximate surface area is 153 Å². The number of hydrogen-bond donors (Lipinski definition) is 2. The van der Waals surface area contributed by atoms with Gasteiger partial charge in [0.15, 0.2) is 0 Å². The first-order chi connectivity index (χ1) is 12.7. The molecule has 0 spiro atoms. The highest BCUT2D eigenvalue weighted by atomic mass is 32.1. The van der Waals surface area contributed by atoms with Crippen molar-refractivity contribution < 1.29 is 9.90 Å². The SMILES string of the molecule is O=C(O)c1ccc(-c2csc3ncnc(NCc4ccccn4)c23)cc1. The molecule has 0 aliphatic heterocycles. The molecule has 128 valence electrons. The molecule has 0 fully saturated rings. The highest BCUT2D eigenvalue weighted by Gasteiger charge is 2.13. The van der Waals surface area contributed by atoms with Crippen LogP contribution in [0, 0.1) is 0 Å². The number of anilines is 1. The first-order valence-corrected chi connectivity index (χ1v) is 8.80. The highest BCUT2D eigenvalue weighted by Crippen LogP contribution is 2.36. The van der Waals surface area contributed by atoms with Crippen molar-refractivity contribution in [2.75, 3.05) is 5.32 Å². The van der Waals surface area contributed by atoms with Crippen LogP contribution in [0.25, 0.3) is 21.3 Å². The maximum atomic E-state index is 11.1. The zero-order valence-electron chi connectivity index (χ0n) is 13.6. The number of aromatic carboxylic acids is 1. The molecule has 0 aliphatic rings. The van der Waals surface area contributed by atoms with E-state index in [0.29, 0.717) is 6.54 Å². The zero-order valence-corrected chi connectivity index (χ0v) is 14.4. The van der Waals surface area contributed by atoms with E-state index >= 15 is 0 Å². The first-order valence-electron chi connectivity index (χ1n) is 7.92. The number of nitrogens with one attached hydrogen (secondary N) is 1. The topological polar surface area (TPSA) is 88.0 Å². The fourth-order valence-corrected chi connectivity index (χ4v) is 3.61. The number of carboxylic acid groups (broad SMARTS) is 1. The van der Waals surface area contributed by atoms with Crippen molar-refractivity contribution in [3.8, 4) is 11.1 Å². The molecule has 2 N–H and O–H groups in total. The van der Waals surface area contributed by atoms with Crippen LogP contribution < -0.4 is 5.32 Å². The molecule has 0 saturated heterocycles. The minimum absolute atomic E-state index is 0.262. The Balaban J connectivity index is 1.71. The summed E-state index contributed by atoms with van der Waals surface area (Å²) in [6.07, 6.45) is 3.30. The number of thiophene rings is 1. The van der Waals surface area contributed by atoms with Gasteiger partial charge in [0.25, 0.3) is 0 Å². The third kappa shape index (κ3) is 3.12. The Kier molecular flexibility index (Phi) is 4.28. The van der Waals surface area contributed by atoms with Gasteiger partial charge in [-0.1, -0.05) is 18.2 Å². The number of hydrogen-bond acceptors (Lipinski definition) is 6. The third-order valence-corrected chi connectivity index (χ3v) is 4.86. The van der Waals surface area contributed by atoms with Gasteiger partial charge in [-0.3, -0.25) is 4.98 Å². The van der Waals surface area contributed by atoms with E-state index in [1.54, 1.807) is 30.5 Å². The van der Waals surface area contributed by atoms with Gasteiger partial charge in [0.05, 0.1) is 23.2 Å². The summed E-state index contributed by atoms with van der Waals surface area (Å²) < 4.78 is 0. The molecule has 3 aromatic heterocycles. The van der Waals surface area contributed by atoms with Gasteiger partial charge in [-0.15, -0.1) is 11.3 Å². The second-order valence-corrected chi connectivity index (χ2v) is 6.47. The van der Waals surface area contributed by atoms with E-state index in [-0.39, 0.29) is 5.56 Å². The average molecular weight is 362 g/mol. The molecule has 4 aromatic rings. The number of nitrogens with zero attached hydrogens (tertiary/aromatic N) is 3. The van der Waals surface area contributed by atoms with Crippen LogP contribution in [0.5, 0.6) is 0 Å². The summed E-state index contributed by atoms with van der Waals surface area (Å²) in [4.78, 5) is 25.0. The van der Waals surface area contributed by atoms with Gasteiger partial charge in [-0.05, 0) is 29.8 Å². The largest absolute Gasteiger partial charge is 0.478 e. The standard InChI is InChI=1S/C19H14N4O2S/c24-19(25)13-6-4-12(5-7-13)15-10-26-18-16(15)17(22-11-23-18)21-9-14-3-1-2-8-20-14/h1-8,10-11H,9H2,(H,24,25)(H,21,22,23). The second kappa shape index (κ2) is 6.89. The van der Waals surface area contributed by atoms with Crippen LogP contribution >= 0.6 is 11.3 Å². The van der Waals surface area contributed by atoms with Crippen LogP contribution in [0.1, 0.15) is 16.1 Å². The van der Waals surface area contributed by atoms with Crippen LogP contribution in [-0.2, 0) is 6.54 Å². The third-order valence-electron chi connectivity index (χ3n) is 3.98. The molecule has 0 bridgehead atoms. The van der Waals surface area contributed by atoms with Crippen LogP contribution in [0.4, 0.5) is 5.82 Å². The summed E-state index contributed by atoms with van der Waals surface area (Å²) in [6.45, 7) is 0.556. The minimum Gasteiger partial charge on any atom is -0.478 e. The Bertz CT molecular complexity index is 1060. The van der Waals surface area contributed by atoms with Gasteiger partial charge in [0.2, 0.25) is 0 Å². The molecule has 4 rings (SSSR count). The van der Waals surface area contributed by atoms with Crippen molar-refractivity contribution in [1.29, 1.82) is 0 Å². The molecule has 0 amide bonds. The quantitative estimate of drug-likeness (QED) is 0.556.